The summed E-state index contributed by atoms with van der Waals surface area (Å²) in [7, 11) is 0. The SMILES string of the molecule is Cc1cc([N+](=O)[O-])nn1CC(=O)Nc1nn(Cc2ccccc2Cl)cc1Cl. The molecule has 0 radical (unpaired) electrons. The average molecular weight is 409 g/mol. The molecule has 27 heavy (non-hydrogen) atoms. The minimum absolute atomic E-state index is 0.188. The summed E-state index contributed by atoms with van der Waals surface area (Å²) >= 11 is 12.3. The lowest BCUT2D eigenvalue weighted by Gasteiger charge is -2.04. The molecule has 1 amide bonds. The monoisotopic (exact) mass is 408 g/mol. The van der Waals surface area contributed by atoms with Crippen molar-refractivity contribution in [3.8, 4) is 0 Å². The molecule has 1 N–H and O–H groups in total. The molecule has 0 aliphatic rings. The van der Waals surface area contributed by atoms with E-state index in [1.54, 1.807) is 23.9 Å². The summed E-state index contributed by atoms with van der Waals surface area (Å²) in [6, 6.07) is 8.62. The highest BCUT2D eigenvalue weighted by Gasteiger charge is 2.19. The maximum absolute atomic E-state index is 12.2. The lowest BCUT2D eigenvalue weighted by Crippen LogP contribution is -2.21. The highest BCUT2D eigenvalue weighted by molar-refractivity contribution is 6.33. The van der Waals surface area contributed by atoms with Gasteiger partial charge in [-0.25, -0.2) is 0 Å². The molecule has 0 unspecified atom stereocenters. The first-order valence-corrected chi connectivity index (χ1v) is 8.54. The normalized spacial score (nSPS) is 10.8. The van der Waals surface area contributed by atoms with Crippen LogP contribution in [0.25, 0.3) is 0 Å². The third kappa shape index (κ3) is 4.44. The second kappa shape index (κ2) is 7.77. The highest BCUT2D eigenvalue weighted by atomic mass is 35.5. The van der Waals surface area contributed by atoms with Crippen LogP contribution in [-0.2, 0) is 17.9 Å². The van der Waals surface area contributed by atoms with Crippen LogP contribution in [0.2, 0.25) is 10.0 Å². The van der Waals surface area contributed by atoms with Gasteiger partial charge in [-0.15, -0.1) is 0 Å². The number of aromatic nitrogens is 4. The van der Waals surface area contributed by atoms with Crippen LogP contribution in [-0.4, -0.2) is 30.4 Å². The van der Waals surface area contributed by atoms with Crippen LogP contribution < -0.4 is 5.32 Å². The molecule has 11 heteroatoms. The van der Waals surface area contributed by atoms with Gasteiger partial charge in [0.1, 0.15) is 11.6 Å². The average Bonchev–Trinajstić information content (AvgIpc) is 3.13. The first kappa shape index (κ1) is 18.9. The Bertz CT molecular complexity index is 1010. The Hall–Kier alpha value is -2.91. The Morgan fingerprint density at radius 1 is 1.26 bits per heavy atom. The van der Waals surface area contributed by atoms with E-state index in [9.17, 15) is 14.9 Å². The quantitative estimate of drug-likeness (QED) is 0.497. The number of hydrogen-bond acceptors (Lipinski definition) is 5. The molecule has 3 rings (SSSR count). The minimum atomic E-state index is -0.616. The van der Waals surface area contributed by atoms with Crippen molar-refractivity contribution < 1.29 is 9.72 Å². The number of benzene rings is 1. The van der Waals surface area contributed by atoms with E-state index in [-0.39, 0.29) is 23.2 Å². The zero-order valence-corrected chi connectivity index (χ0v) is 15.6. The number of aryl methyl sites for hydroxylation is 1. The van der Waals surface area contributed by atoms with E-state index in [1.165, 1.54) is 10.7 Å². The number of carbonyl (C=O) groups is 1. The van der Waals surface area contributed by atoms with Gasteiger partial charge in [-0.2, -0.15) is 9.78 Å². The van der Waals surface area contributed by atoms with Crippen LogP contribution in [0.3, 0.4) is 0 Å². The van der Waals surface area contributed by atoms with E-state index in [2.05, 4.69) is 15.5 Å². The van der Waals surface area contributed by atoms with Crippen molar-refractivity contribution in [2.45, 2.75) is 20.0 Å². The van der Waals surface area contributed by atoms with Crippen LogP contribution in [0.4, 0.5) is 11.6 Å². The first-order valence-electron chi connectivity index (χ1n) is 7.78. The van der Waals surface area contributed by atoms with Crippen molar-refractivity contribution in [3.05, 3.63) is 67.9 Å². The number of amides is 1. The molecule has 2 aromatic heterocycles. The molecule has 0 fully saturated rings. The maximum atomic E-state index is 12.2. The summed E-state index contributed by atoms with van der Waals surface area (Å²) in [6.07, 6.45) is 1.57. The van der Waals surface area contributed by atoms with Gasteiger partial charge in [-0.05, 0) is 23.5 Å². The standard InChI is InChI=1S/C16H14Cl2N6O3/c1-10-6-14(24(26)27)20-23(10)9-15(25)19-16-13(18)8-22(21-16)7-11-4-2-3-5-12(11)17/h2-6,8H,7,9H2,1H3,(H,19,21,25). The van der Waals surface area contributed by atoms with Crippen LogP contribution in [0.5, 0.6) is 0 Å². The topological polar surface area (TPSA) is 108 Å². The molecular formula is C16H14Cl2N6O3. The maximum Gasteiger partial charge on any atom is 0.390 e. The number of nitro groups is 1. The lowest BCUT2D eigenvalue weighted by atomic mass is 10.2. The van der Waals surface area contributed by atoms with Gasteiger partial charge < -0.3 is 15.4 Å². The van der Waals surface area contributed by atoms with E-state index in [0.717, 1.165) is 5.56 Å². The number of anilines is 1. The zero-order valence-electron chi connectivity index (χ0n) is 14.1. The van der Waals surface area contributed by atoms with Crippen molar-refractivity contribution >= 4 is 40.7 Å². The predicted molar refractivity (Wildman–Crippen MR) is 100 cm³/mol. The molecular weight excluding hydrogens is 395 g/mol. The Kier molecular flexibility index (Phi) is 5.43. The fourth-order valence-electron chi connectivity index (χ4n) is 2.41. The first-order chi connectivity index (χ1) is 12.8. The number of nitrogens with zero attached hydrogens (tertiary/aromatic N) is 5. The summed E-state index contributed by atoms with van der Waals surface area (Å²) in [5, 5.41) is 22.2. The van der Waals surface area contributed by atoms with Gasteiger partial charge in [0.05, 0.1) is 23.4 Å². The summed E-state index contributed by atoms with van der Waals surface area (Å²) in [6.45, 7) is 1.81. The summed E-state index contributed by atoms with van der Waals surface area (Å²) in [5.74, 6) is -0.587. The molecule has 0 aliphatic heterocycles. The van der Waals surface area contributed by atoms with Crippen LogP contribution in [0.15, 0.2) is 36.5 Å². The Balaban J connectivity index is 1.69. The fourth-order valence-corrected chi connectivity index (χ4v) is 2.81. The Morgan fingerprint density at radius 2 is 2.00 bits per heavy atom. The summed E-state index contributed by atoms with van der Waals surface area (Å²) in [5.41, 5.74) is 1.35. The van der Waals surface area contributed by atoms with Gasteiger partial charge in [-0.3, -0.25) is 9.48 Å². The van der Waals surface area contributed by atoms with Gasteiger partial charge in [0.2, 0.25) is 5.91 Å². The molecule has 0 spiro atoms. The van der Waals surface area contributed by atoms with E-state index in [1.807, 2.05) is 18.2 Å². The van der Waals surface area contributed by atoms with E-state index in [4.69, 9.17) is 23.2 Å². The predicted octanol–water partition coefficient (Wildman–Crippen LogP) is 3.29. The zero-order chi connectivity index (χ0) is 19.6. The molecule has 0 atom stereocenters. The third-order valence-electron chi connectivity index (χ3n) is 3.71. The smallest absolute Gasteiger partial charge is 0.358 e. The van der Waals surface area contributed by atoms with Crippen molar-refractivity contribution in [3.63, 3.8) is 0 Å². The van der Waals surface area contributed by atoms with Crippen LogP contribution in [0.1, 0.15) is 11.3 Å². The van der Waals surface area contributed by atoms with Crippen LogP contribution in [0, 0.1) is 17.0 Å². The fraction of sp³-hybridized carbons (Fsp3) is 0.188. The second-order valence-electron chi connectivity index (χ2n) is 5.72. The van der Waals surface area contributed by atoms with Gasteiger partial charge >= 0.3 is 5.82 Å². The number of rotatable bonds is 6. The Labute approximate surface area is 163 Å². The van der Waals surface area contributed by atoms with E-state index < -0.39 is 10.8 Å². The van der Waals surface area contributed by atoms with Crippen molar-refractivity contribution in [2.75, 3.05) is 5.32 Å². The van der Waals surface area contributed by atoms with Crippen molar-refractivity contribution in [1.29, 1.82) is 0 Å². The molecule has 0 saturated heterocycles. The number of carbonyl (C=O) groups excluding carboxylic acids is 1. The molecule has 0 aliphatic carbocycles. The molecule has 0 saturated carbocycles. The third-order valence-corrected chi connectivity index (χ3v) is 4.36. The summed E-state index contributed by atoms with van der Waals surface area (Å²) < 4.78 is 2.80. The molecule has 9 nitrogen and oxygen atoms in total. The van der Waals surface area contributed by atoms with E-state index >= 15 is 0 Å². The number of nitrogens with one attached hydrogen (secondary N) is 1. The number of hydrogen-bond donors (Lipinski definition) is 1. The second-order valence-corrected chi connectivity index (χ2v) is 6.54. The summed E-state index contributed by atoms with van der Waals surface area (Å²) in [4.78, 5) is 22.4. The van der Waals surface area contributed by atoms with Crippen LogP contribution >= 0.6 is 23.2 Å². The number of halogens is 2. The lowest BCUT2D eigenvalue weighted by molar-refractivity contribution is -0.389. The molecule has 0 bridgehead atoms. The van der Waals surface area contributed by atoms with E-state index in [0.29, 0.717) is 17.3 Å². The van der Waals surface area contributed by atoms with Gasteiger partial charge in [0, 0.05) is 11.2 Å². The molecule has 140 valence electrons. The largest absolute Gasteiger partial charge is 0.390 e. The molecule has 2 heterocycles. The molecule has 3 aromatic rings. The minimum Gasteiger partial charge on any atom is -0.358 e. The van der Waals surface area contributed by atoms with Gasteiger partial charge in [0.25, 0.3) is 0 Å². The van der Waals surface area contributed by atoms with Crippen molar-refractivity contribution in [1.82, 2.24) is 19.6 Å². The van der Waals surface area contributed by atoms with Gasteiger partial charge in [-0.1, -0.05) is 41.4 Å². The van der Waals surface area contributed by atoms with Crippen molar-refractivity contribution in [2.24, 2.45) is 0 Å². The highest BCUT2D eigenvalue weighted by Crippen LogP contribution is 2.22. The van der Waals surface area contributed by atoms with Gasteiger partial charge in [0.15, 0.2) is 5.82 Å². The Morgan fingerprint density at radius 3 is 2.67 bits per heavy atom. The molecule has 1 aromatic carbocycles.